The Morgan fingerprint density at radius 2 is 1.94 bits per heavy atom. The Morgan fingerprint density at radius 1 is 1.17 bits per heavy atom. The first-order valence-corrected chi connectivity index (χ1v) is 5.11. The largest absolute Gasteiger partial charge is 0.288 e. The van der Waals surface area contributed by atoms with Crippen LogP contribution < -0.4 is 5.48 Å². The molecule has 0 aliphatic carbocycles. The molecule has 0 saturated heterocycles. The Labute approximate surface area is 103 Å². The molecule has 0 aromatic carbocycles. The second-order valence-corrected chi connectivity index (χ2v) is 3.39. The molecule has 5 heteroatoms. The van der Waals surface area contributed by atoms with Gasteiger partial charge in [0.15, 0.2) is 0 Å². The zero-order valence-corrected chi connectivity index (χ0v) is 9.29. The number of rotatable bonds is 1. The molecule has 0 atom stereocenters. The zero-order chi connectivity index (χ0) is 12.8. The summed E-state index contributed by atoms with van der Waals surface area (Å²) >= 11 is 0. The van der Waals surface area contributed by atoms with Crippen LogP contribution in [0.1, 0.15) is 21.5 Å². The van der Waals surface area contributed by atoms with E-state index in [0.29, 0.717) is 5.56 Å². The van der Waals surface area contributed by atoms with Crippen LogP contribution in [-0.4, -0.2) is 21.1 Å². The quantitative estimate of drug-likeness (QED) is 0.442. The van der Waals surface area contributed by atoms with Gasteiger partial charge in [0.2, 0.25) is 0 Å². The van der Waals surface area contributed by atoms with E-state index in [0.717, 1.165) is 5.56 Å². The van der Waals surface area contributed by atoms with Crippen molar-refractivity contribution in [3.8, 4) is 11.8 Å². The second-order valence-electron chi connectivity index (χ2n) is 3.39. The number of carbonyl (C=O) groups excluding carboxylic acids is 1. The predicted molar refractivity (Wildman–Crippen MR) is 63.7 cm³/mol. The average Bonchev–Trinajstić information content (AvgIpc) is 2.45. The second kappa shape index (κ2) is 5.57. The maximum Gasteiger partial charge on any atom is 0.276 e. The Hall–Kier alpha value is -2.71. The van der Waals surface area contributed by atoms with E-state index in [1.54, 1.807) is 30.0 Å². The molecule has 5 nitrogen and oxygen atoms in total. The zero-order valence-electron chi connectivity index (χ0n) is 9.29. The standard InChI is InChI=1S/C13H9N3O2/c17-13(16-18)12-6-11(8-15-9-12)4-3-10-2-1-5-14-7-10/h1-2,5-9,18H,(H,16,17). The number of hydrogen-bond acceptors (Lipinski definition) is 4. The summed E-state index contributed by atoms with van der Waals surface area (Å²) in [6.07, 6.45) is 6.20. The smallest absolute Gasteiger partial charge is 0.276 e. The number of nitrogens with zero attached hydrogens (tertiary/aromatic N) is 2. The van der Waals surface area contributed by atoms with Gasteiger partial charge in [-0.2, -0.15) is 0 Å². The van der Waals surface area contributed by atoms with Gasteiger partial charge in [0, 0.05) is 35.9 Å². The van der Waals surface area contributed by atoms with Crippen LogP contribution in [0.25, 0.3) is 0 Å². The summed E-state index contributed by atoms with van der Waals surface area (Å²) in [5.74, 6) is 5.15. The highest BCUT2D eigenvalue weighted by Gasteiger charge is 2.03. The molecule has 2 aromatic heterocycles. The van der Waals surface area contributed by atoms with Gasteiger partial charge in [0.05, 0.1) is 5.56 Å². The molecule has 1 amide bonds. The molecule has 0 radical (unpaired) electrons. The van der Waals surface area contributed by atoms with Gasteiger partial charge in [-0.1, -0.05) is 11.8 Å². The predicted octanol–water partition coefficient (Wildman–Crippen LogP) is 0.995. The van der Waals surface area contributed by atoms with E-state index in [1.165, 1.54) is 12.4 Å². The summed E-state index contributed by atoms with van der Waals surface area (Å²) in [5.41, 5.74) is 3.15. The first-order chi connectivity index (χ1) is 8.79. The molecule has 0 aliphatic rings. The normalized spacial score (nSPS) is 9.17. The Kier molecular flexibility index (Phi) is 3.64. The highest BCUT2D eigenvalue weighted by molar-refractivity contribution is 5.93. The molecular formula is C13H9N3O2. The van der Waals surface area contributed by atoms with Gasteiger partial charge in [-0.3, -0.25) is 20.0 Å². The Bertz CT molecular complexity index is 615. The lowest BCUT2D eigenvalue weighted by Gasteiger charge is -1.97. The van der Waals surface area contributed by atoms with E-state index in [4.69, 9.17) is 5.21 Å². The van der Waals surface area contributed by atoms with E-state index in [2.05, 4.69) is 21.8 Å². The lowest BCUT2D eigenvalue weighted by Crippen LogP contribution is -2.18. The lowest BCUT2D eigenvalue weighted by atomic mass is 10.2. The summed E-state index contributed by atoms with van der Waals surface area (Å²) in [4.78, 5) is 19.0. The van der Waals surface area contributed by atoms with Crippen molar-refractivity contribution in [2.45, 2.75) is 0 Å². The van der Waals surface area contributed by atoms with Crippen molar-refractivity contribution < 1.29 is 10.0 Å². The number of hydroxylamine groups is 1. The van der Waals surface area contributed by atoms with Crippen molar-refractivity contribution in [1.82, 2.24) is 15.4 Å². The van der Waals surface area contributed by atoms with Crippen LogP contribution in [0.5, 0.6) is 0 Å². The Balaban J connectivity index is 2.25. The van der Waals surface area contributed by atoms with Crippen LogP contribution in [0.4, 0.5) is 0 Å². The minimum Gasteiger partial charge on any atom is -0.288 e. The van der Waals surface area contributed by atoms with Crippen molar-refractivity contribution in [3.63, 3.8) is 0 Å². The van der Waals surface area contributed by atoms with Gasteiger partial charge in [0.1, 0.15) is 0 Å². The molecule has 0 unspecified atom stereocenters. The minimum absolute atomic E-state index is 0.246. The average molecular weight is 239 g/mol. The maximum absolute atomic E-state index is 11.2. The summed E-state index contributed by atoms with van der Waals surface area (Å²) in [7, 11) is 0. The molecule has 0 aliphatic heterocycles. The van der Waals surface area contributed by atoms with E-state index in [-0.39, 0.29) is 5.56 Å². The summed E-state index contributed by atoms with van der Waals surface area (Å²) < 4.78 is 0. The van der Waals surface area contributed by atoms with Crippen molar-refractivity contribution in [2.75, 3.05) is 0 Å². The highest BCUT2D eigenvalue weighted by Crippen LogP contribution is 2.02. The number of pyridine rings is 2. The summed E-state index contributed by atoms with van der Waals surface area (Å²) in [6, 6.07) is 5.16. The molecule has 2 aromatic rings. The third kappa shape index (κ3) is 2.90. The molecule has 18 heavy (non-hydrogen) atoms. The van der Waals surface area contributed by atoms with E-state index >= 15 is 0 Å². The van der Waals surface area contributed by atoms with Crippen molar-refractivity contribution >= 4 is 5.91 Å². The van der Waals surface area contributed by atoms with E-state index in [9.17, 15) is 4.79 Å². The van der Waals surface area contributed by atoms with Crippen molar-refractivity contribution in [3.05, 3.63) is 59.7 Å². The van der Waals surface area contributed by atoms with Crippen LogP contribution in [0.2, 0.25) is 0 Å². The third-order valence-electron chi connectivity index (χ3n) is 2.11. The fourth-order valence-corrected chi connectivity index (χ4v) is 1.28. The van der Waals surface area contributed by atoms with Crippen LogP contribution in [0.15, 0.2) is 43.0 Å². The number of aromatic nitrogens is 2. The molecule has 0 spiro atoms. The number of amides is 1. The van der Waals surface area contributed by atoms with E-state index < -0.39 is 5.91 Å². The lowest BCUT2D eigenvalue weighted by molar-refractivity contribution is 0.0706. The van der Waals surface area contributed by atoms with E-state index in [1.807, 2.05) is 6.07 Å². The van der Waals surface area contributed by atoms with Crippen molar-refractivity contribution in [1.29, 1.82) is 0 Å². The van der Waals surface area contributed by atoms with Gasteiger partial charge in [-0.15, -0.1) is 0 Å². The SMILES string of the molecule is O=C(NO)c1cncc(C#Cc2cccnc2)c1. The molecule has 88 valence electrons. The first kappa shape index (κ1) is 11.8. The number of carbonyl (C=O) groups is 1. The summed E-state index contributed by atoms with van der Waals surface area (Å²) in [5, 5.41) is 8.52. The number of nitrogens with one attached hydrogen (secondary N) is 1. The van der Waals surface area contributed by atoms with Crippen LogP contribution in [-0.2, 0) is 0 Å². The number of hydrogen-bond donors (Lipinski definition) is 2. The molecule has 2 rings (SSSR count). The Morgan fingerprint density at radius 3 is 2.67 bits per heavy atom. The van der Waals surface area contributed by atoms with Gasteiger partial charge in [0.25, 0.3) is 5.91 Å². The van der Waals surface area contributed by atoms with Crippen LogP contribution >= 0.6 is 0 Å². The molecule has 2 heterocycles. The fraction of sp³-hybridized carbons (Fsp3) is 0. The van der Waals surface area contributed by atoms with Crippen molar-refractivity contribution in [2.24, 2.45) is 0 Å². The molecule has 0 saturated carbocycles. The van der Waals surface area contributed by atoms with Gasteiger partial charge >= 0.3 is 0 Å². The third-order valence-corrected chi connectivity index (χ3v) is 2.11. The molecular weight excluding hydrogens is 230 g/mol. The fourth-order valence-electron chi connectivity index (χ4n) is 1.28. The molecule has 0 bridgehead atoms. The highest BCUT2D eigenvalue weighted by atomic mass is 16.5. The monoisotopic (exact) mass is 239 g/mol. The van der Waals surface area contributed by atoms with Crippen LogP contribution in [0.3, 0.4) is 0 Å². The van der Waals surface area contributed by atoms with Gasteiger partial charge < -0.3 is 0 Å². The first-order valence-electron chi connectivity index (χ1n) is 5.11. The molecule has 2 N–H and O–H groups in total. The topological polar surface area (TPSA) is 75.1 Å². The minimum atomic E-state index is -0.618. The van der Waals surface area contributed by atoms with Gasteiger partial charge in [-0.05, 0) is 18.2 Å². The maximum atomic E-state index is 11.2. The molecule has 0 fully saturated rings. The summed E-state index contributed by atoms with van der Waals surface area (Å²) in [6.45, 7) is 0. The van der Waals surface area contributed by atoms with Gasteiger partial charge in [-0.25, -0.2) is 5.48 Å². The van der Waals surface area contributed by atoms with Crippen LogP contribution in [0, 0.1) is 11.8 Å².